The molecule has 0 bridgehead atoms. The van der Waals surface area contributed by atoms with Crippen LogP contribution in [0.5, 0.6) is 5.88 Å². The van der Waals surface area contributed by atoms with Crippen molar-refractivity contribution in [1.29, 1.82) is 0 Å². The Morgan fingerprint density at radius 3 is 2.89 bits per heavy atom. The van der Waals surface area contributed by atoms with E-state index in [9.17, 15) is 5.11 Å². The number of aliphatic hydroxyl groups excluding tert-OH is 1. The second kappa shape index (κ2) is 6.62. The van der Waals surface area contributed by atoms with Gasteiger partial charge in [0.2, 0.25) is 5.88 Å². The number of hydrogen-bond donors (Lipinski definition) is 1. The summed E-state index contributed by atoms with van der Waals surface area (Å²) in [5.74, 6) is 0.499. The van der Waals surface area contributed by atoms with E-state index in [0.29, 0.717) is 12.3 Å². The van der Waals surface area contributed by atoms with Crippen molar-refractivity contribution in [3.05, 3.63) is 49.9 Å². The number of halogens is 2. The fourth-order valence-corrected chi connectivity index (χ4v) is 2.70. The minimum absolute atomic E-state index is 0.414. The molecule has 2 rings (SSSR count). The third-order valence-electron chi connectivity index (χ3n) is 2.63. The Balaban J connectivity index is 2.20. The number of rotatable bonds is 4. The maximum absolute atomic E-state index is 10.3. The molecular weight excluding hydrogens is 423 g/mol. The van der Waals surface area contributed by atoms with Crippen molar-refractivity contribution >= 4 is 38.5 Å². The van der Waals surface area contributed by atoms with E-state index in [1.807, 2.05) is 18.2 Å². The molecular formula is C13H12BrIN2O2. The van der Waals surface area contributed by atoms with E-state index in [0.717, 1.165) is 19.3 Å². The van der Waals surface area contributed by atoms with Crippen molar-refractivity contribution in [3.63, 3.8) is 0 Å². The van der Waals surface area contributed by atoms with Crippen LogP contribution in [0.4, 0.5) is 0 Å². The van der Waals surface area contributed by atoms with Crippen LogP contribution in [-0.4, -0.2) is 22.2 Å². The van der Waals surface area contributed by atoms with Gasteiger partial charge in [-0.15, -0.1) is 0 Å². The molecule has 4 nitrogen and oxygen atoms in total. The van der Waals surface area contributed by atoms with Crippen molar-refractivity contribution in [2.75, 3.05) is 7.11 Å². The van der Waals surface area contributed by atoms with Gasteiger partial charge >= 0.3 is 0 Å². The van der Waals surface area contributed by atoms with Crippen LogP contribution in [0, 0.1) is 3.57 Å². The number of methoxy groups -OCH3 is 1. The quantitative estimate of drug-likeness (QED) is 0.751. The van der Waals surface area contributed by atoms with Gasteiger partial charge in [-0.25, -0.2) is 9.97 Å². The summed E-state index contributed by atoms with van der Waals surface area (Å²) in [6.07, 6.45) is 1.23. The Kier molecular flexibility index (Phi) is 5.12. The fourth-order valence-electron chi connectivity index (χ4n) is 1.68. The zero-order valence-corrected chi connectivity index (χ0v) is 13.9. The molecule has 0 aliphatic carbocycles. The second-order valence-corrected chi connectivity index (χ2v) is 6.04. The lowest BCUT2D eigenvalue weighted by Gasteiger charge is -2.13. The van der Waals surface area contributed by atoms with Gasteiger partial charge in [-0.05, 0) is 46.4 Å². The van der Waals surface area contributed by atoms with E-state index >= 15 is 0 Å². The molecule has 1 aromatic heterocycles. The smallest absolute Gasteiger partial charge is 0.216 e. The lowest BCUT2D eigenvalue weighted by Crippen LogP contribution is -2.05. The SMILES string of the molecule is COc1cc(CC(O)c2cc(I)ccc2Br)ncn1. The summed E-state index contributed by atoms with van der Waals surface area (Å²) in [6, 6.07) is 7.59. The first-order valence-corrected chi connectivity index (χ1v) is 7.45. The van der Waals surface area contributed by atoms with E-state index in [-0.39, 0.29) is 0 Å². The van der Waals surface area contributed by atoms with E-state index in [2.05, 4.69) is 48.5 Å². The molecule has 0 aliphatic heterocycles. The van der Waals surface area contributed by atoms with Crippen molar-refractivity contribution in [3.8, 4) is 5.88 Å². The molecule has 100 valence electrons. The van der Waals surface area contributed by atoms with Gasteiger partial charge in [-0.2, -0.15) is 0 Å². The third-order valence-corrected chi connectivity index (χ3v) is 4.02. The van der Waals surface area contributed by atoms with Gasteiger partial charge in [0.1, 0.15) is 6.33 Å². The molecule has 1 heterocycles. The molecule has 0 saturated heterocycles. The van der Waals surface area contributed by atoms with Crippen LogP contribution in [0.25, 0.3) is 0 Å². The minimum atomic E-state index is -0.622. The highest BCUT2D eigenvalue weighted by Gasteiger charge is 2.14. The van der Waals surface area contributed by atoms with Crippen LogP contribution in [0.1, 0.15) is 17.4 Å². The summed E-state index contributed by atoms with van der Waals surface area (Å²) in [6.45, 7) is 0. The average molecular weight is 435 g/mol. The second-order valence-electron chi connectivity index (χ2n) is 3.94. The molecule has 6 heteroatoms. The predicted octanol–water partition coefficient (Wildman–Crippen LogP) is 3.13. The first-order chi connectivity index (χ1) is 9.10. The maximum atomic E-state index is 10.3. The van der Waals surface area contributed by atoms with E-state index in [1.54, 1.807) is 13.2 Å². The van der Waals surface area contributed by atoms with Gasteiger partial charge in [0, 0.05) is 20.5 Å². The maximum Gasteiger partial charge on any atom is 0.216 e. The number of aromatic nitrogens is 2. The summed E-state index contributed by atoms with van der Waals surface area (Å²) in [7, 11) is 1.55. The van der Waals surface area contributed by atoms with Gasteiger partial charge in [0.25, 0.3) is 0 Å². The summed E-state index contributed by atoms with van der Waals surface area (Å²) >= 11 is 5.67. The molecule has 1 aromatic carbocycles. The normalized spacial score (nSPS) is 12.2. The highest BCUT2D eigenvalue weighted by Crippen LogP contribution is 2.27. The number of ether oxygens (including phenoxy) is 1. The molecule has 0 amide bonds. The average Bonchev–Trinajstić information content (AvgIpc) is 2.41. The van der Waals surface area contributed by atoms with Crippen LogP contribution in [-0.2, 0) is 6.42 Å². The monoisotopic (exact) mass is 434 g/mol. The Morgan fingerprint density at radius 1 is 1.37 bits per heavy atom. The van der Waals surface area contributed by atoms with Gasteiger partial charge in [0.15, 0.2) is 0 Å². The van der Waals surface area contributed by atoms with Crippen LogP contribution < -0.4 is 4.74 Å². The zero-order chi connectivity index (χ0) is 13.8. The van der Waals surface area contributed by atoms with Gasteiger partial charge in [-0.1, -0.05) is 15.9 Å². The summed E-state index contributed by atoms with van der Waals surface area (Å²) in [5, 5.41) is 10.3. The molecule has 0 saturated carbocycles. The van der Waals surface area contributed by atoms with Crippen LogP contribution in [0.3, 0.4) is 0 Å². The van der Waals surface area contributed by atoms with E-state index in [1.165, 1.54) is 6.33 Å². The first-order valence-electron chi connectivity index (χ1n) is 5.58. The number of aliphatic hydroxyl groups is 1. The van der Waals surface area contributed by atoms with Crippen molar-refractivity contribution in [1.82, 2.24) is 9.97 Å². The highest BCUT2D eigenvalue weighted by atomic mass is 127. The van der Waals surface area contributed by atoms with Crippen LogP contribution in [0.15, 0.2) is 35.1 Å². The van der Waals surface area contributed by atoms with Gasteiger partial charge in [-0.3, -0.25) is 0 Å². The molecule has 0 fully saturated rings. The molecule has 19 heavy (non-hydrogen) atoms. The molecule has 1 unspecified atom stereocenters. The number of nitrogens with zero attached hydrogens (tertiary/aromatic N) is 2. The largest absolute Gasteiger partial charge is 0.481 e. The van der Waals surface area contributed by atoms with Crippen LogP contribution in [0.2, 0.25) is 0 Å². The molecule has 1 N–H and O–H groups in total. The van der Waals surface area contributed by atoms with Gasteiger partial charge in [0.05, 0.1) is 18.9 Å². The Labute approximate surface area is 133 Å². The molecule has 0 spiro atoms. The van der Waals surface area contributed by atoms with E-state index in [4.69, 9.17) is 4.74 Å². The minimum Gasteiger partial charge on any atom is -0.481 e. The summed E-state index contributed by atoms with van der Waals surface area (Å²) < 4.78 is 7.01. The lowest BCUT2D eigenvalue weighted by atomic mass is 10.1. The standard InChI is InChI=1S/C13H12BrIN2O2/c1-19-13-6-9(16-7-17-13)5-12(18)10-4-8(15)2-3-11(10)14/h2-4,6-7,12,18H,5H2,1H3. The van der Waals surface area contributed by atoms with Crippen LogP contribution >= 0.6 is 38.5 Å². The Morgan fingerprint density at radius 2 is 2.16 bits per heavy atom. The Bertz CT molecular complexity index is 580. The lowest BCUT2D eigenvalue weighted by molar-refractivity contribution is 0.176. The van der Waals surface area contributed by atoms with Gasteiger partial charge < -0.3 is 9.84 Å². The van der Waals surface area contributed by atoms with Crippen molar-refractivity contribution in [2.45, 2.75) is 12.5 Å². The van der Waals surface area contributed by atoms with Crippen molar-refractivity contribution < 1.29 is 9.84 Å². The highest BCUT2D eigenvalue weighted by molar-refractivity contribution is 14.1. The molecule has 0 aliphatic rings. The first kappa shape index (κ1) is 14.7. The number of hydrogen-bond acceptors (Lipinski definition) is 4. The van der Waals surface area contributed by atoms with Crippen molar-refractivity contribution in [2.24, 2.45) is 0 Å². The predicted molar refractivity (Wildman–Crippen MR) is 84.1 cm³/mol. The fraction of sp³-hybridized carbons (Fsp3) is 0.231. The summed E-state index contributed by atoms with van der Waals surface area (Å²) in [4.78, 5) is 8.08. The summed E-state index contributed by atoms with van der Waals surface area (Å²) in [5.41, 5.74) is 1.59. The zero-order valence-electron chi connectivity index (χ0n) is 10.2. The Hall–Kier alpha value is -0.730. The molecule has 2 aromatic rings. The molecule has 1 atom stereocenters. The number of benzene rings is 1. The topological polar surface area (TPSA) is 55.2 Å². The molecule has 0 radical (unpaired) electrons. The third kappa shape index (κ3) is 3.87. The van der Waals surface area contributed by atoms with E-state index < -0.39 is 6.10 Å².